The smallest absolute Gasteiger partial charge is 0.289 e. The van der Waals surface area contributed by atoms with Crippen molar-refractivity contribution >= 4 is 18.3 Å². The van der Waals surface area contributed by atoms with E-state index in [-0.39, 0.29) is 18.3 Å². The van der Waals surface area contributed by atoms with E-state index in [2.05, 4.69) is 12.2 Å². The van der Waals surface area contributed by atoms with E-state index in [0.717, 1.165) is 44.8 Å². The Kier molecular flexibility index (Phi) is 6.38. The van der Waals surface area contributed by atoms with Gasteiger partial charge in [0.15, 0.2) is 5.76 Å². The maximum Gasteiger partial charge on any atom is 0.289 e. The summed E-state index contributed by atoms with van der Waals surface area (Å²) in [5.74, 6) is 2.00. The highest BCUT2D eigenvalue weighted by atomic mass is 35.5. The Morgan fingerprint density at radius 3 is 2.63 bits per heavy atom. The molecule has 0 saturated carbocycles. The number of carbonyl (C=O) groups is 1. The van der Waals surface area contributed by atoms with Crippen LogP contribution in [-0.4, -0.2) is 37.0 Å². The fourth-order valence-electron chi connectivity index (χ4n) is 2.39. The third kappa shape index (κ3) is 4.25. The van der Waals surface area contributed by atoms with E-state index in [9.17, 15) is 4.79 Å². The first-order valence-electron chi connectivity index (χ1n) is 6.77. The fourth-order valence-corrected chi connectivity index (χ4v) is 2.39. The van der Waals surface area contributed by atoms with E-state index in [0.29, 0.717) is 11.7 Å². The number of aryl methyl sites for hydroxylation is 1. The quantitative estimate of drug-likeness (QED) is 0.925. The summed E-state index contributed by atoms with van der Waals surface area (Å²) in [5, 5.41) is 3.38. The lowest BCUT2D eigenvalue weighted by Crippen LogP contribution is -2.40. The minimum Gasteiger partial charge on any atom is -0.456 e. The Hall–Kier alpha value is -1.00. The van der Waals surface area contributed by atoms with E-state index in [1.165, 1.54) is 0 Å². The first kappa shape index (κ1) is 16.1. The lowest BCUT2D eigenvalue weighted by atomic mass is 9.96. The predicted octanol–water partition coefficient (Wildman–Crippen LogP) is 2.47. The second-order valence-corrected chi connectivity index (χ2v) is 4.95. The molecule has 2 rings (SSSR count). The molecule has 1 aliphatic rings. The van der Waals surface area contributed by atoms with Crippen LogP contribution in [0, 0.1) is 12.8 Å². The highest BCUT2D eigenvalue weighted by Gasteiger charge is 2.24. The summed E-state index contributed by atoms with van der Waals surface area (Å²) in [6, 6.07) is 3.60. The molecule has 1 saturated heterocycles. The normalized spacial score (nSPS) is 16.2. The third-order valence-corrected chi connectivity index (χ3v) is 3.54. The molecule has 4 nitrogen and oxygen atoms in total. The van der Waals surface area contributed by atoms with E-state index >= 15 is 0 Å². The summed E-state index contributed by atoms with van der Waals surface area (Å²) in [5.41, 5.74) is 0. The third-order valence-electron chi connectivity index (χ3n) is 3.54. The molecule has 0 aliphatic carbocycles. The largest absolute Gasteiger partial charge is 0.456 e. The average molecular weight is 287 g/mol. The number of nitrogens with one attached hydrogen (secondary N) is 1. The summed E-state index contributed by atoms with van der Waals surface area (Å²) < 4.78 is 5.39. The lowest BCUT2D eigenvalue weighted by Gasteiger charge is -2.31. The van der Waals surface area contributed by atoms with Gasteiger partial charge in [0.05, 0.1) is 0 Å². The zero-order valence-electron chi connectivity index (χ0n) is 11.6. The number of halogens is 1. The van der Waals surface area contributed by atoms with Crippen molar-refractivity contribution in [3.8, 4) is 0 Å². The monoisotopic (exact) mass is 286 g/mol. The molecule has 19 heavy (non-hydrogen) atoms. The average Bonchev–Trinajstić information content (AvgIpc) is 2.83. The molecule has 1 aliphatic heterocycles. The van der Waals surface area contributed by atoms with Crippen molar-refractivity contribution in [2.75, 3.05) is 26.2 Å². The minimum atomic E-state index is 0. The van der Waals surface area contributed by atoms with Crippen LogP contribution in [0.4, 0.5) is 0 Å². The van der Waals surface area contributed by atoms with Crippen LogP contribution in [0.25, 0.3) is 0 Å². The number of carbonyl (C=O) groups excluding carboxylic acids is 1. The van der Waals surface area contributed by atoms with Crippen molar-refractivity contribution in [2.45, 2.75) is 26.7 Å². The number of amides is 1. The molecule has 1 N–H and O–H groups in total. The van der Waals surface area contributed by atoms with Crippen LogP contribution in [0.5, 0.6) is 0 Å². The molecule has 0 bridgehead atoms. The molecule has 2 heterocycles. The molecule has 0 radical (unpaired) electrons. The van der Waals surface area contributed by atoms with Gasteiger partial charge >= 0.3 is 0 Å². The van der Waals surface area contributed by atoms with E-state index in [4.69, 9.17) is 4.42 Å². The van der Waals surface area contributed by atoms with Gasteiger partial charge in [-0.2, -0.15) is 0 Å². The van der Waals surface area contributed by atoms with Crippen LogP contribution in [0.1, 0.15) is 36.1 Å². The van der Waals surface area contributed by atoms with Gasteiger partial charge in [-0.25, -0.2) is 0 Å². The van der Waals surface area contributed by atoms with Crippen molar-refractivity contribution in [2.24, 2.45) is 5.92 Å². The predicted molar refractivity (Wildman–Crippen MR) is 77.9 cm³/mol. The van der Waals surface area contributed by atoms with Crippen molar-refractivity contribution in [3.63, 3.8) is 0 Å². The van der Waals surface area contributed by atoms with Crippen LogP contribution < -0.4 is 5.32 Å². The summed E-state index contributed by atoms with van der Waals surface area (Å²) in [7, 11) is 0. The first-order chi connectivity index (χ1) is 8.70. The molecule has 1 fully saturated rings. The topological polar surface area (TPSA) is 45.5 Å². The summed E-state index contributed by atoms with van der Waals surface area (Å²) in [4.78, 5) is 14.1. The van der Waals surface area contributed by atoms with E-state index in [1.807, 2.05) is 17.9 Å². The van der Waals surface area contributed by atoms with Crippen LogP contribution >= 0.6 is 12.4 Å². The van der Waals surface area contributed by atoms with Crippen molar-refractivity contribution in [1.29, 1.82) is 0 Å². The van der Waals surface area contributed by atoms with Crippen LogP contribution in [0.2, 0.25) is 0 Å². The van der Waals surface area contributed by atoms with Gasteiger partial charge in [0.2, 0.25) is 0 Å². The highest BCUT2D eigenvalue weighted by Crippen LogP contribution is 2.19. The maximum absolute atomic E-state index is 12.2. The van der Waals surface area contributed by atoms with E-state index in [1.54, 1.807) is 6.07 Å². The molecule has 1 aromatic heterocycles. The highest BCUT2D eigenvalue weighted by molar-refractivity contribution is 5.91. The fraction of sp³-hybridized carbons (Fsp3) is 0.643. The SMILES string of the molecule is CCNCC1CCN(C(=O)c2ccc(C)o2)CC1.Cl. The maximum atomic E-state index is 12.2. The summed E-state index contributed by atoms with van der Waals surface area (Å²) >= 11 is 0. The molecular weight excluding hydrogens is 264 g/mol. The van der Waals surface area contributed by atoms with Gasteiger partial charge in [-0.1, -0.05) is 6.92 Å². The number of hydrogen-bond acceptors (Lipinski definition) is 3. The van der Waals surface area contributed by atoms with Gasteiger partial charge in [-0.3, -0.25) is 4.79 Å². The van der Waals surface area contributed by atoms with Crippen molar-refractivity contribution in [1.82, 2.24) is 10.2 Å². The van der Waals surface area contributed by atoms with E-state index < -0.39 is 0 Å². The molecule has 108 valence electrons. The zero-order chi connectivity index (χ0) is 13.0. The Bertz CT molecular complexity index is 398. The van der Waals surface area contributed by atoms with Gasteiger partial charge in [-0.15, -0.1) is 12.4 Å². The minimum absolute atomic E-state index is 0. The molecule has 0 spiro atoms. The zero-order valence-corrected chi connectivity index (χ0v) is 12.5. The van der Waals surface area contributed by atoms with Crippen LogP contribution in [0.3, 0.4) is 0 Å². The number of furan rings is 1. The standard InChI is InChI=1S/C14H22N2O2.ClH/c1-3-15-10-12-6-8-16(9-7-12)14(17)13-5-4-11(2)18-13;/h4-5,12,15H,3,6-10H2,1-2H3;1H. The number of hydrogen-bond donors (Lipinski definition) is 1. The molecule has 0 aromatic carbocycles. The van der Waals surface area contributed by atoms with Crippen molar-refractivity contribution < 1.29 is 9.21 Å². The molecule has 1 amide bonds. The lowest BCUT2D eigenvalue weighted by molar-refractivity contribution is 0.0657. The van der Waals surface area contributed by atoms with Gasteiger partial charge in [-0.05, 0) is 50.9 Å². The Morgan fingerprint density at radius 2 is 2.11 bits per heavy atom. The van der Waals surface area contributed by atoms with Crippen LogP contribution in [0.15, 0.2) is 16.5 Å². The second kappa shape index (κ2) is 7.56. The molecule has 0 atom stereocenters. The Morgan fingerprint density at radius 1 is 1.42 bits per heavy atom. The Balaban J connectivity index is 0.00000180. The van der Waals surface area contributed by atoms with Gasteiger partial charge in [0, 0.05) is 13.1 Å². The van der Waals surface area contributed by atoms with Crippen molar-refractivity contribution in [3.05, 3.63) is 23.7 Å². The van der Waals surface area contributed by atoms with Gasteiger partial charge in [0.25, 0.3) is 5.91 Å². The number of nitrogens with zero attached hydrogens (tertiary/aromatic N) is 1. The second-order valence-electron chi connectivity index (χ2n) is 4.95. The Labute approximate surface area is 120 Å². The number of rotatable bonds is 4. The molecule has 5 heteroatoms. The van der Waals surface area contributed by atoms with Gasteiger partial charge in [0.1, 0.15) is 5.76 Å². The molecule has 0 unspecified atom stereocenters. The summed E-state index contributed by atoms with van der Waals surface area (Å²) in [6.07, 6.45) is 2.16. The number of piperidine rings is 1. The molecular formula is C14H23ClN2O2. The first-order valence-corrected chi connectivity index (χ1v) is 6.77. The van der Waals surface area contributed by atoms with Crippen LogP contribution in [-0.2, 0) is 0 Å². The van der Waals surface area contributed by atoms with Gasteiger partial charge < -0.3 is 14.6 Å². The molecule has 1 aromatic rings. The number of likely N-dealkylation sites (tertiary alicyclic amines) is 1. The summed E-state index contributed by atoms with van der Waals surface area (Å²) in [6.45, 7) is 7.75.